The third-order valence-corrected chi connectivity index (χ3v) is 3.66. The summed E-state index contributed by atoms with van der Waals surface area (Å²) in [6.45, 7) is 0.766. The molecule has 1 aliphatic heterocycles. The summed E-state index contributed by atoms with van der Waals surface area (Å²) in [4.78, 5) is 33.4. The van der Waals surface area contributed by atoms with Crippen molar-refractivity contribution in [1.82, 2.24) is 5.32 Å². The zero-order valence-electron chi connectivity index (χ0n) is 11.8. The molecule has 0 saturated carbocycles. The van der Waals surface area contributed by atoms with Gasteiger partial charge in [0.25, 0.3) is 11.6 Å². The van der Waals surface area contributed by atoms with Crippen molar-refractivity contribution in [1.29, 1.82) is 0 Å². The summed E-state index contributed by atoms with van der Waals surface area (Å²) in [6.07, 6.45) is 0.644. The highest BCUT2D eigenvalue weighted by molar-refractivity contribution is 5.95. The van der Waals surface area contributed by atoms with Gasteiger partial charge >= 0.3 is 5.97 Å². The number of non-ortho nitro benzene ring substituents is 1. The third-order valence-electron chi connectivity index (χ3n) is 3.66. The Bertz CT molecular complexity index is 578. The Morgan fingerprint density at radius 3 is 2.36 bits per heavy atom. The molecule has 0 radical (unpaired) electrons. The summed E-state index contributed by atoms with van der Waals surface area (Å²) >= 11 is 0. The lowest BCUT2D eigenvalue weighted by atomic mass is 9.86. The number of hydrogen-bond acceptors (Lipinski definition) is 5. The van der Waals surface area contributed by atoms with Gasteiger partial charge in [0.1, 0.15) is 0 Å². The van der Waals surface area contributed by atoms with Crippen molar-refractivity contribution in [3.8, 4) is 0 Å². The van der Waals surface area contributed by atoms with E-state index >= 15 is 0 Å². The van der Waals surface area contributed by atoms with Crippen molar-refractivity contribution in [3.63, 3.8) is 0 Å². The Labute approximate surface area is 126 Å². The van der Waals surface area contributed by atoms with Crippen LogP contribution < -0.4 is 5.32 Å². The molecule has 118 valence electrons. The quantitative estimate of drug-likeness (QED) is 0.626. The molecule has 2 N–H and O–H groups in total. The van der Waals surface area contributed by atoms with Crippen molar-refractivity contribution in [2.45, 2.75) is 24.8 Å². The molecule has 1 heterocycles. The minimum absolute atomic E-state index is 0.108. The SMILES string of the molecule is O=C(O)CC1(NC(=O)c2ccc([N+](=O)[O-])cc2)CCOCC1. The molecule has 0 unspecified atom stereocenters. The summed E-state index contributed by atoms with van der Waals surface area (Å²) in [7, 11) is 0. The van der Waals surface area contributed by atoms with Gasteiger partial charge in [-0.3, -0.25) is 19.7 Å². The molecule has 0 aromatic heterocycles. The minimum atomic E-state index is -0.995. The number of amides is 1. The minimum Gasteiger partial charge on any atom is -0.481 e. The van der Waals surface area contributed by atoms with Gasteiger partial charge in [0.2, 0.25) is 0 Å². The molecule has 2 rings (SSSR count). The van der Waals surface area contributed by atoms with Crippen LogP contribution in [0.1, 0.15) is 29.6 Å². The van der Waals surface area contributed by atoms with Gasteiger partial charge in [-0.1, -0.05) is 0 Å². The second-order valence-corrected chi connectivity index (χ2v) is 5.22. The average molecular weight is 308 g/mol. The van der Waals surface area contributed by atoms with Crippen LogP contribution in [0.2, 0.25) is 0 Å². The van der Waals surface area contributed by atoms with Gasteiger partial charge in [0, 0.05) is 30.9 Å². The fraction of sp³-hybridized carbons (Fsp3) is 0.429. The number of nitrogens with zero attached hydrogens (tertiary/aromatic N) is 1. The normalized spacial score (nSPS) is 16.7. The zero-order chi connectivity index (χ0) is 16.2. The molecule has 1 aliphatic rings. The monoisotopic (exact) mass is 308 g/mol. The Morgan fingerprint density at radius 1 is 1.27 bits per heavy atom. The van der Waals surface area contributed by atoms with Gasteiger partial charge in [-0.2, -0.15) is 0 Å². The summed E-state index contributed by atoms with van der Waals surface area (Å²) in [5.74, 6) is -1.44. The van der Waals surface area contributed by atoms with E-state index in [-0.39, 0.29) is 17.7 Å². The predicted octanol–water partition coefficient (Wildman–Crippen LogP) is 1.35. The molecule has 0 aliphatic carbocycles. The number of ether oxygens (including phenoxy) is 1. The Balaban J connectivity index is 2.13. The van der Waals surface area contributed by atoms with E-state index in [1.54, 1.807) is 0 Å². The molecule has 8 heteroatoms. The van der Waals surface area contributed by atoms with Crippen molar-refractivity contribution in [3.05, 3.63) is 39.9 Å². The number of hydrogen-bond donors (Lipinski definition) is 2. The van der Waals surface area contributed by atoms with Crippen LogP contribution in [0.3, 0.4) is 0 Å². The lowest BCUT2D eigenvalue weighted by Gasteiger charge is -2.36. The fourth-order valence-corrected chi connectivity index (χ4v) is 2.45. The number of carboxylic acids is 1. The molecule has 1 fully saturated rings. The molecule has 1 aromatic rings. The van der Waals surface area contributed by atoms with Crippen LogP contribution in [0.5, 0.6) is 0 Å². The smallest absolute Gasteiger partial charge is 0.305 e. The molecule has 0 bridgehead atoms. The molecular formula is C14H16N2O6. The Kier molecular flexibility index (Phi) is 4.71. The first-order valence-electron chi connectivity index (χ1n) is 6.78. The Hall–Kier alpha value is -2.48. The van der Waals surface area contributed by atoms with E-state index < -0.39 is 22.3 Å². The highest BCUT2D eigenvalue weighted by atomic mass is 16.6. The van der Waals surface area contributed by atoms with Gasteiger partial charge < -0.3 is 15.2 Å². The van der Waals surface area contributed by atoms with Gasteiger partial charge in [-0.05, 0) is 25.0 Å². The molecule has 0 atom stereocenters. The first-order valence-corrected chi connectivity index (χ1v) is 6.78. The zero-order valence-corrected chi connectivity index (χ0v) is 11.8. The van der Waals surface area contributed by atoms with Crippen LogP contribution in [0.25, 0.3) is 0 Å². The number of nitrogens with one attached hydrogen (secondary N) is 1. The Morgan fingerprint density at radius 2 is 1.86 bits per heavy atom. The van der Waals surface area contributed by atoms with E-state index in [9.17, 15) is 19.7 Å². The van der Waals surface area contributed by atoms with Crippen molar-refractivity contribution in [2.24, 2.45) is 0 Å². The molecule has 1 saturated heterocycles. The largest absolute Gasteiger partial charge is 0.481 e. The topological polar surface area (TPSA) is 119 Å². The van der Waals surface area contributed by atoms with E-state index in [0.29, 0.717) is 26.1 Å². The standard InChI is InChI=1S/C14H16N2O6/c17-12(18)9-14(5-7-22-8-6-14)15-13(19)10-1-3-11(4-2-10)16(20)21/h1-4H,5-9H2,(H,15,19)(H,17,18). The summed E-state index contributed by atoms with van der Waals surface area (Å²) in [5.41, 5.74) is -0.701. The predicted molar refractivity (Wildman–Crippen MR) is 75.6 cm³/mol. The van der Waals surface area contributed by atoms with Crippen LogP contribution in [-0.2, 0) is 9.53 Å². The number of nitro groups is 1. The average Bonchev–Trinajstić information content (AvgIpc) is 2.47. The maximum absolute atomic E-state index is 12.3. The van der Waals surface area contributed by atoms with Gasteiger partial charge in [-0.25, -0.2) is 0 Å². The number of carbonyl (C=O) groups is 2. The van der Waals surface area contributed by atoms with Crippen molar-refractivity contribution in [2.75, 3.05) is 13.2 Å². The van der Waals surface area contributed by atoms with E-state index in [0.717, 1.165) is 0 Å². The lowest BCUT2D eigenvalue weighted by molar-refractivity contribution is -0.384. The molecule has 1 amide bonds. The fourth-order valence-electron chi connectivity index (χ4n) is 2.45. The van der Waals surface area contributed by atoms with E-state index in [1.807, 2.05) is 0 Å². The maximum atomic E-state index is 12.3. The number of carboxylic acid groups (broad SMARTS) is 1. The van der Waals surface area contributed by atoms with E-state index in [2.05, 4.69) is 5.32 Å². The van der Waals surface area contributed by atoms with Crippen molar-refractivity contribution >= 4 is 17.6 Å². The van der Waals surface area contributed by atoms with Crippen LogP contribution in [0, 0.1) is 10.1 Å². The summed E-state index contributed by atoms with van der Waals surface area (Å²) in [6, 6.07) is 5.17. The highest BCUT2D eigenvalue weighted by Crippen LogP contribution is 2.25. The van der Waals surface area contributed by atoms with Gasteiger partial charge in [0.15, 0.2) is 0 Å². The number of aliphatic carboxylic acids is 1. The number of carbonyl (C=O) groups excluding carboxylic acids is 1. The van der Waals surface area contributed by atoms with E-state index in [1.165, 1.54) is 24.3 Å². The van der Waals surface area contributed by atoms with Crippen LogP contribution >= 0.6 is 0 Å². The van der Waals surface area contributed by atoms with Crippen LogP contribution in [0.4, 0.5) is 5.69 Å². The summed E-state index contributed by atoms with van der Waals surface area (Å²) in [5, 5.41) is 22.4. The third kappa shape index (κ3) is 3.79. The van der Waals surface area contributed by atoms with E-state index in [4.69, 9.17) is 9.84 Å². The first-order chi connectivity index (χ1) is 10.4. The second kappa shape index (κ2) is 6.52. The van der Waals surface area contributed by atoms with Gasteiger partial charge in [0.05, 0.1) is 16.9 Å². The number of rotatable bonds is 5. The van der Waals surface area contributed by atoms with Crippen LogP contribution in [0.15, 0.2) is 24.3 Å². The lowest BCUT2D eigenvalue weighted by Crippen LogP contribution is -2.53. The first kappa shape index (κ1) is 15.9. The van der Waals surface area contributed by atoms with Gasteiger partial charge in [-0.15, -0.1) is 0 Å². The highest BCUT2D eigenvalue weighted by Gasteiger charge is 2.36. The summed E-state index contributed by atoms with van der Waals surface area (Å²) < 4.78 is 5.22. The maximum Gasteiger partial charge on any atom is 0.305 e. The number of benzene rings is 1. The second-order valence-electron chi connectivity index (χ2n) is 5.22. The molecule has 8 nitrogen and oxygen atoms in total. The molecule has 1 aromatic carbocycles. The molecular weight excluding hydrogens is 292 g/mol. The molecule has 22 heavy (non-hydrogen) atoms. The number of nitro benzene ring substituents is 1. The van der Waals surface area contributed by atoms with Crippen LogP contribution in [-0.4, -0.2) is 40.7 Å². The molecule has 0 spiro atoms. The van der Waals surface area contributed by atoms with Crippen molar-refractivity contribution < 1.29 is 24.4 Å².